The summed E-state index contributed by atoms with van der Waals surface area (Å²) in [6.45, 7) is 0. The van der Waals surface area contributed by atoms with E-state index >= 15 is 0 Å². The summed E-state index contributed by atoms with van der Waals surface area (Å²) in [5.74, 6) is -1.42. The van der Waals surface area contributed by atoms with E-state index in [9.17, 15) is 20.0 Å². The third-order valence-electron chi connectivity index (χ3n) is 1.72. The zero-order valence-electron chi connectivity index (χ0n) is 7.04. The molecule has 1 aromatic carbocycles. The van der Waals surface area contributed by atoms with Gasteiger partial charge in [0.05, 0.1) is 16.9 Å². The van der Waals surface area contributed by atoms with Crippen LogP contribution in [0.2, 0.25) is 0 Å². The minimum Gasteiger partial charge on any atom is -0.548 e. The molecule has 0 amide bonds. The molecule has 74 valence electrons. The number of carbonyl (C=O) groups is 1. The predicted octanol–water partition coefficient (Wildman–Crippen LogP) is -0.655. The van der Waals surface area contributed by atoms with Gasteiger partial charge >= 0.3 is 0 Å². The quantitative estimate of drug-likeness (QED) is 0.508. The van der Waals surface area contributed by atoms with Crippen molar-refractivity contribution in [3.63, 3.8) is 0 Å². The van der Waals surface area contributed by atoms with Gasteiger partial charge in [-0.3, -0.25) is 10.1 Å². The van der Waals surface area contributed by atoms with Crippen LogP contribution in [0.25, 0.3) is 0 Å². The molecule has 0 aliphatic rings. The van der Waals surface area contributed by atoms with Crippen molar-refractivity contribution in [1.29, 1.82) is 0 Å². The maximum absolute atomic E-state index is 10.3. The smallest absolute Gasteiger partial charge is 0.269 e. The number of benzene rings is 1. The van der Waals surface area contributed by atoms with Crippen LogP contribution in [0.1, 0.15) is 11.6 Å². The fourth-order valence-corrected chi connectivity index (χ4v) is 0.939. The van der Waals surface area contributed by atoms with E-state index in [2.05, 4.69) is 0 Å². The van der Waals surface area contributed by atoms with E-state index in [1.54, 1.807) is 0 Å². The zero-order valence-corrected chi connectivity index (χ0v) is 7.04. The maximum Gasteiger partial charge on any atom is 0.269 e. The molecule has 0 saturated heterocycles. The molecule has 1 atom stereocenters. The molecule has 1 aromatic rings. The van der Waals surface area contributed by atoms with Crippen LogP contribution in [-0.2, 0) is 4.79 Å². The van der Waals surface area contributed by atoms with Crippen molar-refractivity contribution in [3.8, 4) is 0 Å². The summed E-state index contributed by atoms with van der Waals surface area (Å²) in [5, 5.41) is 20.6. The number of hydrogen-bond acceptors (Lipinski definition) is 5. The van der Waals surface area contributed by atoms with Crippen molar-refractivity contribution in [2.75, 3.05) is 0 Å². The fourth-order valence-electron chi connectivity index (χ4n) is 0.939. The SMILES string of the molecule is N[C@@H](C(=O)[O-])c1ccc([N+](=O)[O-])cc1. The van der Waals surface area contributed by atoms with E-state index in [-0.39, 0.29) is 11.3 Å². The zero-order chi connectivity index (χ0) is 10.7. The number of carbonyl (C=O) groups excluding carboxylic acids is 1. The number of hydrogen-bond donors (Lipinski definition) is 1. The lowest BCUT2D eigenvalue weighted by molar-refractivity contribution is -0.384. The summed E-state index contributed by atoms with van der Waals surface area (Å²) in [6, 6.07) is 3.71. The Morgan fingerprint density at radius 2 is 1.86 bits per heavy atom. The highest BCUT2D eigenvalue weighted by atomic mass is 16.6. The first-order chi connectivity index (χ1) is 6.52. The summed E-state index contributed by atoms with van der Waals surface area (Å²) in [6.07, 6.45) is 0. The van der Waals surface area contributed by atoms with Crippen molar-refractivity contribution in [3.05, 3.63) is 39.9 Å². The van der Waals surface area contributed by atoms with Gasteiger partial charge < -0.3 is 15.6 Å². The Kier molecular flexibility index (Phi) is 2.78. The average Bonchev–Trinajstić information content (AvgIpc) is 2.16. The Morgan fingerprint density at radius 1 is 1.36 bits per heavy atom. The predicted molar refractivity (Wildman–Crippen MR) is 45.0 cm³/mol. The number of nitrogens with two attached hydrogens (primary N) is 1. The van der Waals surface area contributed by atoms with Gasteiger partial charge in [0.25, 0.3) is 5.69 Å². The second-order valence-electron chi connectivity index (χ2n) is 2.65. The van der Waals surface area contributed by atoms with Crippen molar-refractivity contribution in [2.45, 2.75) is 6.04 Å². The second kappa shape index (κ2) is 3.84. The molecule has 0 aromatic heterocycles. The van der Waals surface area contributed by atoms with Gasteiger partial charge in [-0.1, -0.05) is 12.1 Å². The van der Waals surface area contributed by atoms with Crippen LogP contribution in [0.4, 0.5) is 5.69 Å². The Morgan fingerprint density at radius 3 is 2.21 bits per heavy atom. The monoisotopic (exact) mass is 195 g/mol. The molecule has 0 fully saturated rings. The van der Waals surface area contributed by atoms with Crippen LogP contribution >= 0.6 is 0 Å². The number of nitro groups is 1. The van der Waals surface area contributed by atoms with E-state index in [4.69, 9.17) is 5.73 Å². The van der Waals surface area contributed by atoms with E-state index in [0.717, 1.165) is 0 Å². The summed E-state index contributed by atoms with van der Waals surface area (Å²) >= 11 is 0. The summed E-state index contributed by atoms with van der Waals surface area (Å²) < 4.78 is 0. The van der Waals surface area contributed by atoms with Crippen LogP contribution < -0.4 is 10.8 Å². The van der Waals surface area contributed by atoms with Gasteiger partial charge in [0, 0.05) is 12.1 Å². The second-order valence-corrected chi connectivity index (χ2v) is 2.65. The van der Waals surface area contributed by atoms with Crippen LogP contribution in [0.5, 0.6) is 0 Å². The molecule has 0 saturated carbocycles. The highest BCUT2D eigenvalue weighted by molar-refractivity contribution is 5.73. The van der Waals surface area contributed by atoms with Crippen molar-refractivity contribution < 1.29 is 14.8 Å². The van der Waals surface area contributed by atoms with Crippen molar-refractivity contribution in [2.24, 2.45) is 5.73 Å². The lowest BCUT2D eigenvalue weighted by atomic mass is 10.1. The normalized spacial score (nSPS) is 12.1. The van der Waals surface area contributed by atoms with E-state index < -0.39 is 16.9 Å². The third kappa shape index (κ3) is 2.05. The van der Waals surface area contributed by atoms with Gasteiger partial charge in [0.2, 0.25) is 0 Å². The van der Waals surface area contributed by atoms with Crippen molar-refractivity contribution >= 4 is 11.7 Å². The van der Waals surface area contributed by atoms with Gasteiger partial charge in [0.1, 0.15) is 0 Å². The van der Waals surface area contributed by atoms with E-state index in [1.165, 1.54) is 24.3 Å². The highest BCUT2D eigenvalue weighted by Gasteiger charge is 2.09. The molecule has 0 heterocycles. The topological polar surface area (TPSA) is 109 Å². The molecule has 0 spiro atoms. The number of rotatable bonds is 3. The van der Waals surface area contributed by atoms with E-state index in [0.29, 0.717) is 0 Å². The molecular formula is C8H7N2O4-. The number of nitrogens with zero attached hydrogens (tertiary/aromatic N) is 1. The molecule has 2 N–H and O–H groups in total. The molecule has 1 rings (SSSR count). The Balaban J connectivity index is 2.94. The summed E-state index contributed by atoms with van der Waals surface area (Å²) in [4.78, 5) is 20.0. The Labute approximate surface area is 79.1 Å². The molecule has 0 bridgehead atoms. The van der Waals surface area contributed by atoms with Gasteiger partial charge in [-0.25, -0.2) is 0 Å². The summed E-state index contributed by atoms with van der Waals surface area (Å²) in [5.41, 5.74) is 5.39. The average molecular weight is 195 g/mol. The van der Waals surface area contributed by atoms with Gasteiger partial charge in [-0.05, 0) is 5.56 Å². The van der Waals surface area contributed by atoms with E-state index in [1.807, 2.05) is 0 Å². The Hall–Kier alpha value is -1.95. The minimum absolute atomic E-state index is 0.112. The van der Waals surface area contributed by atoms with Gasteiger partial charge in [-0.2, -0.15) is 0 Å². The molecule has 0 unspecified atom stereocenters. The number of carboxylic acid groups (broad SMARTS) is 1. The molecular weight excluding hydrogens is 188 g/mol. The lowest BCUT2D eigenvalue weighted by Crippen LogP contribution is -2.34. The van der Waals surface area contributed by atoms with Crippen LogP contribution in [0.3, 0.4) is 0 Å². The Bertz CT molecular complexity index is 360. The standard InChI is InChI=1S/C8H8N2O4/c9-7(8(11)12)5-1-3-6(4-2-5)10(13)14/h1-4,7H,9H2,(H,11,12)/p-1/t7-/m1/s1. The maximum atomic E-state index is 10.3. The van der Waals surface area contributed by atoms with Crippen LogP contribution in [-0.4, -0.2) is 10.9 Å². The van der Waals surface area contributed by atoms with Crippen LogP contribution in [0.15, 0.2) is 24.3 Å². The number of nitro benzene ring substituents is 1. The molecule has 6 heteroatoms. The number of aliphatic carboxylic acids is 1. The molecule has 6 nitrogen and oxygen atoms in total. The fraction of sp³-hybridized carbons (Fsp3) is 0.125. The lowest BCUT2D eigenvalue weighted by Gasteiger charge is -2.11. The highest BCUT2D eigenvalue weighted by Crippen LogP contribution is 2.15. The molecule has 0 radical (unpaired) electrons. The first-order valence-electron chi connectivity index (χ1n) is 3.73. The number of non-ortho nitro benzene ring substituents is 1. The molecule has 14 heavy (non-hydrogen) atoms. The van der Waals surface area contributed by atoms with Crippen molar-refractivity contribution in [1.82, 2.24) is 0 Å². The molecule has 0 aliphatic carbocycles. The largest absolute Gasteiger partial charge is 0.548 e. The third-order valence-corrected chi connectivity index (χ3v) is 1.72. The number of carboxylic acids is 1. The van der Waals surface area contributed by atoms with Gasteiger partial charge in [0.15, 0.2) is 0 Å². The van der Waals surface area contributed by atoms with Crippen LogP contribution in [0, 0.1) is 10.1 Å². The summed E-state index contributed by atoms with van der Waals surface area (Å²) in [7, 11) is 0. The molecule has 0 aliphatic heterocycles. The van der Waals surface area contributed by atoms with Gasteiger partial charge in [-0.15, -0.1) is 0 Å². The minimum atomic E-state index is -1.42. The first kappa shape index (κ1) is 10.1. The first-order valence-corrected chi connectivity index (χ1v) is 3.73.